The molecule has 0 spiro atoms. The Hall–Kier alpha value is -4.89. The highest BCUT2D eigenvalue weighted by Gasteiger charge is 2.45. The summed E-state index contributed by atoms with van der Waals surface area (Å²) in [6.07, 6.45) is 0. The van der Waals surface area contributed by atoms with E-state index in [-0.39, 0.29) is 0 Å². The van der Waals surface area contributed by atoms with Gasteiger partial charge in [0.1, 0.15) is 22.5 Å². The van der Waals surface area contributed by atoms with Crippen LogP contribution >= 0.6 is 0 Å². The van der Waals surface area contributed by atoms with E-state index in [0.717, 1.165) is 49.5 Å². The van der Waals surface area contributed by atoms with Gasteiger partial charge >= 0.3 is 15.1 Å². The summed E-state index contributed by atoms with van der Waals surface area (Å²) in [6, 6.07) is 41.0. The van der Waals surface area contributed by atoms with Gasteiger partial charge in [0.05, 0.1) is 5.75 Å². The van der Waals surface area contributed by atoms with Crippen molar-refractivity contribution in [2.45, 2.75) is 20.8 Å². The van der Waals surface area contributed by atoms with Crippen LogP contribution in [0.15, 0.2) is 121 Å². The number of para-hydroxylation sites is 2. The fourth-order valence-electron chi connectivity index (χ4n) is 5.37. The summed E-state index contributed by atoms with van der Waals surface area (Å²) >= 11 is -2.93. The molecule has 0 aliphatic heterocycles. The number of rotatable bonds is 7. The smallest absolute Gasteiger partial charge is 0.577 e. The second-order valence-electron chi connectivity index (χ2n) is 10.8. The number of pyridine rings is 2. The second-order valence-corrected chi connectivity index (χ2v) is 12.0. The standard InChI is InChI=1S/C17H14O.2C10H9NO.Al/c1-12-4-2-5-13(10-12)14-8-9-16-15(11-14)6-3-7-17(16)18;2*1-7-5-6-8-3-2-4-9(12)10(8)11-7;/h2-11,18H,1H3;2*2-6,12H,1H3;/q;;;+3/p-3. The summed E-state index contributed by atoms with van der Waals surface area (Å²) in [6.45, 7) is 6.06. The van der Waals surface area contributed by atoms with E-state index in [4.69, 9.17) is 21.3 Å². The SMILES string of the molecule is Cc1cccc(-c2ccc3c([O][Al]([O]c4cccc5ccc(C)nc45)[O]c4cccc5ccc(C)nc45)cccc3c2)c1. The molecule has 43 heavy (non-hydrogen) atoms. The zero-order valence-electron chi connectivity index (χ0n) is 24.2. The molecule has 0 radical (unpaired) electrons. The van der Waals surface area contributed by atoms with Crippen molar-refractivity contribution in [1.29, 1.82) is 0 Å². The first kappa shape index (κ1) is 27.0. The first-order valence-corrected chi connectivity index (χ1v) is 15.7. The Bertz CT molecular complexity index is 2040. The summed E-state index contributed by atoms with van der Waals surface area (Å²) in [5.41, 5.74) is 6.95. The molecule has 0 N–H and O–H groups in total. The molecule has 0 aliphatic rings. The Morgan fingerprint density at radius 3 is 1.63 bits per heavy atom. The summed E-state index contributed by atoms with van der Waals surface area (Å²) < 4.78 is 20.0. The molecule has 208 valence electrons. The van der Waals surface area contributed by atoms with Gasteiger partial charge in [0, 0.05) is 27.5 Å². The van der Waals surface area contributed by atoms with Crippen LogP contribution in [0.1, 0.15) is 17.0 Å². The highest BCUT2D eigenvalue weighted by atomic mass is 27.3. The molecular formula is C37H29AlN2O3. The minimum atomic E-state index is -2.93. The molecule has 7 aromatic rings. The topological polar surface area (TPSA) is 53.5 Å². The predicted molar refractivity (Wildman–Crippen MR) is 175 cm³/mol. The Kier molecular flexibility index (Phi) is 7.16. The van der Waals surface area contributed by atoms with Crippen molar-refractivity contribution in [2.75, 3.05) is 0 Å². The summed E-state index contributed by atoms with van der Waals surface area (Å²) in [4.78, 5) is 9.55. The van der Waals surface area contributed by atoms with E-state index in [1.54, 1.807) is 0 Å². The van der Waals surface area contributed by atoms with E-state index >= 15 is 0 Å². The lowest BCUT2D eigenvalue weighted by Crippen LogP contribution is -2.37. The lowest BCUT2D eigenvalue weighted by atomic mass is 10.00. The van der Waals surface area contributed by atoms with Crippen molar-refractivity contribution in [3.05, 3.63) is 138 Å². The predicted octanol–water partition coefficient (Wildman–Crippen LogP) is 9.05. The van der Waals surface area contributed by atoms with Gasteiger partial charge < -0.3 is 11.4 Å². The van der Waals surface area contributed by atoms with Crippen LogP contribution < -0.4 is 11.4 Å². The number of hydrogen-bond donors (Lipinski definition) is 0. The lowest BCUT2D eigenvalue weighted by molar-refractivity contribution is 0.311. The molecule has 0 bridgehead atoms. The third-order valence-corrected chi connectivity index (χ3v) is 8.85. The van der Waals surface area contributed by atoms with Gasteiger partial charge in [0.15, 0.2) is 0 Å². The normalized spacial score (nSPS) is 11.1. The molecular weight excluding hydrogens is 547 g/mol. The highest BCUT2D eigenvalue weighted by molar-refractivity contribution is 6.40. The maximum absolute atomic E-state index is 6.70. The monoisotopic (exact) mass is 576 g/mol. The molecule has 2 aromatic heterocycles. The molecule has 0 amide bonds. The first-order chi connectivity index (χ1) is 21.0. The third-order valence-electron chi connectivity index (χ3n) is 7.51. The largest absolute Gasteiger partial charge is 1.20 e. The van der Waals surface area contributed by atoms with Crippen LogP contribution in [0.2, 0.25) is 0 Å². The number of hydrogen-bond acceptors (Lipinski definition) is 5. The summed E-state index contributed by atoms with van der Waals surface area (Å²) in [5, 5.41) is 4.05. The second kappa shape index (κ2) is 11.4. The molecule has 0 aliphatic carbocycles. The van der Waals surface area contributed by atoms with Crippen molar-refractivity contribution >= 4 is 47.7 Å². The molecule has 0 saturated heterocycles. The van der Waals surface area contributed by atoms with Gasteiger partial charge in [0.2, 0.25) is 0 Å². The quantitative estimate of drug-likeness (QED) is 0.177. The van der Waals surface area contributed by atoms with Crippen LogP contribution in [0.4, 0.5) is 0 Å². The molecule has 7 rings (SSSR count). The average molecular weight is 577 g/mol. The van der Waals surface area contributed by atoms with E-state index in [0.29, 0.717) is 17.2 Å². The number of aryl methyl sites for hydroxylation is 3. The van der Waals surface area contributed by atoms with E-state index in [9.17, 15) is 0 Å². The minimum absolute atomic E-state index is 0.629. The van der Waals surface area contributed by atoms with E-state index in [2.05, 4.69) is 67.6 Å². The van der Waals surface area contributed by atoms with Gasteiger partial charge in [-0.15, -0.1) is 0 Å². The van der Waals surface area contributed by atoms with Gasteiger partial charge in [-0.05, 0) is 73.7 Å². The highest BCUT2D eigenvalue weighted by Crippen LogP contribution is 2.33. The maximum Gasteiger partial charge on any atom is 1.20 e. The molecule has 2 heterocycles. The van der Waals surface area contributed by atoms with E-state index in [1.165, 1.54) is 11.1 Å². The molecule has 0 fully saturated rings. The van der Waals surface area contributed by atoms with Crippen LogP contribution in [-0.2, 0) is 0 Å². The number of benzene rings is 5. The molecule has 5 aromatic carbocycles. The summed E-state index contributed by atoms with van der Waals surface area (Å²) in [5.74, 6) is 1.96. The van der Waals surface area contributed by atoms with Crippen molar-refractivity contribution < 1.29 is 11.4 Å². The van der Waals surface area contributed by atoms with Crippen LogP contribution in [0, 0.1) is 20.8 Å². The Balaban J connectivity index is 1.29. The summed E-state index contributed by atoms with van der Waals surface area (Å²) in [7, 11) is 0. The van der Waals surface area contributed by atoms with Crippen LogP contribution in [0.3, 0.4) is 0 Å². The number of aromatic nitrogens is 2. The average Bonchev–Trinajstić information content (AvgIpc) is 3.01. The zero-order valence-corrected chi connectivity index (χ0v) is 25.4. The van der Waals surface area contributed by atoms with Gasteiger partial charge in [-0.25, -0.2) is 9.97 Å². The number of fused-ring (bicyclic) bond motifs is 3. The first-order valence-electron chi connectivity index (χ1n) is 14.3. The van der Waals surface area contributed by atoms with Crippen molar-refractivity contribution in [1.82, 2.24) is 9.97 Å². The van der Waals surface area contributed by atoms with Crippen molar-refractivity contribution in [3.63, 3.8) is 0 Å². The van der Waals surface area contributed by atoms with Crippen molar-refractivity contribution in [3.8, 4) is 28.4 Å². The van der Waals surface area contributed by atoms with Gasteiger partial charge in [0.25, 0.3) is 0 Å². The Morgan fingerprint density at radius 2 is 1.00 bits per heavy atom. The maximum atomic E-state index is 6.70. The molecule has 0 saturated carbocycles. The van der Waals surface area contributed by atoms with Gasteiger partial charge in [-0.2, -0.15) is 0 Å². The van der Waals surface area contributed by atoms with Crippen LogP contribution in [0.5, 0.6) is 17.2 Å². The fourth-order valence-corrected chi connectivity index (χ4v) is 6.72. The third kappa shape index (κ3) is 5.63. The van der Waals surface area contributed by atoms with Crippen LogP contribution in [-0.4, -0.2) is 25.1 Å². The van der Waals surface area contributed by atoms with Gasteiger partial charge in [-0.3, -0.25) is 0 Å². The molecule has 5 nitrogen and oxygen atoms in total. The van der Waals surface area contributed by atoms with E-state index in [1.807, 2.05) is 74.5 Å². The molecule has 0 unspecified atom stereocenters. The van der Waals surface area contributed by atoms with Crippen molar-refractivity contribution in [2.24, 2.45) is 0 Å². The Labute approximate surface area is 255 Å². The lowest BCUT2D eigenvalue weighted by Gasteiger charge is -2.19. The molecule has 6 heteroatoms. The minimum Gasteiger partial charge on any atom is -0.577 e. The fraction of sp³-hybridized carbons (Fsp3) is 0.0811. The number of nitrogens with zero attached hydrogens (tertiary/aromatic N) is 2. The van der Waals surface area contributed by atoms with Crippen LogP contribution in [0.25, 0.3) is 43.7 Å². The van der Waals surface area contributed by atoms with Gasteiger partial charge in [-0.1, -0.05) is 90.5 Å². The zero-order chi connectivity index (χ0) is 29.3. The van der Waals surface area contributed by atoms with E-state index < -0.39 is 15.1 Å². The molecule has 0 atom stereocenters. The Morgan fingerprint density at radius 1 is 0.465 bits per heavy atom.